The van der Waals surface area contributed by atoms with Crippen molar-refractivity contribution in [2.24, 2.45) is 5.84 Å². The van der Waals surface area contributed by atoms with Crippen molar-refractivity contribution in [3.8, 4) is 0 Å². The molecule has 0 fully saturated rings. The van der Waals surface area contributed by atoms with Crippen molar-refractivity contribution in [1.29, 1.82) is 0 Å². The molecule has 0 aliphatic carbocycles. The second-order valence-electron chi connectivity index (χ2n) is 4.91. The average molecular weight is 304 g/mol. The van der Waals surface area contributed by atoms with Gasteiger partial charge in [-0.25, -0.2) is 15.8 Å². The lowest BCUT2D eigenvalue weighted by atomic mass is 10.0. The highest BCUT2D eigenvalue weighted by Gasteiger charge is 2.06. The van der Waals surface area contributed by atoms with Crippen molar-refractivity contribution in [2.75, 3.05) is 12.5 Å². The summed E-state index contributed by atoms with van der Waals surface area (Å²) in [5.74, 6) is 7.16. The van der Waals surface area contributed by atoms with Crippen molar-refractivity contribution in [3.63, 3.8) is 0 Å². The zero-order valence-electron chi connectivity index (χ0n) is 12.5. The van der Waals surface area contributed by atoms with Gasteiger partial charge in [-0.3, -0.25) is 0 Å². The largest absolute Gasteiger partial charge is 0.377 e. The summed E-state index contributed by atoms with van der Waals surface area (Å²) in [7, 11) is 1.61. The van der Waals surface area contributed by atoms with E-state index in [1.807, 2.05) is 6.07 Å². The number of nitrogens with zero attached hydrogens (tertiary/aromatic N) is 2. The van der Waals surface area contributed by atoms with Gasteiger partial charge in [-0.1, -0.05) is 37.7 Å². The number of hydrazine groups is 1. The Kier molecular flexibility index (Phi) is 5.55. The van der Waals surface area contributed by atoms with Crippen LogP contribution >= 0.6 is 11.8 Å². The third-order valence-electron chi connectivity index (χ3n) is 2.94. The predicted molar refractivity (Wildman–Crippen MR) is 85.2 cm³/mol. The number of nitrogens with two attached hydrogens (primary N) is 1. The molecule has 0 radical (unpaired) electrons. The number of benzene rings is 1. The Balaban J connectivity index is 2.19. The van der Waals surface area contributed by atoms with Gasteiger partial charge in [0.1, 0.15) is 17.5 Å². The molecule has 6 heteroatoms. The molecule has 0 spiro atoms. The number of ether oxygens (including phenoxy) is 1. The summed E-state index contributed by atoms with van der Waals surface area (Å²) < 4.78 is 5.07. The first-order valence-corrected chi connectivity index (χ1v) is 7.55. The van der Waals surface area contributed by atoms with Gasteiger partial charge in [0, 0.05) is 18.1 Å². The number of hydrogen-bond acceptors (Lipinski definition) is 6. The average Bonchev–Trinajstić information content (AvgIpc) is 2.48. The molecule has 1 heterocycles. The zero-order chi connectivity index (χ0) is 15.2. The van der Waals surface area contributed by atoms with Gasteiger partial charge in [-0.15, -0.1) is 0 Å². The van der Waals surface area contributed by atoms with Crippen LogP contribution in [0.3, 0.4) is 0 Å². The topological polar surface area (TPSA) is 73.1 Å². The Morgan fingerprint density at radius 2 is 1.95 bits per heavy atom. The highest BCUT2D eigenvalue weighted by atomic mass is 32.2. The lowest BCUT2D eigenvalue weighted by molar-refractivity contribution is 0.177. The predicted octanol–water partition coefficient (Wildman–Crippen LogP) is 3.18. The van der Waals surface area contributed by atoms with Crippen molar-refractivity contribution in [3.05, 3.63) is 41.7 Å². The molecular formula is C15H20N4OS. The van der Waals surface area contributed by atoms with Gasteiger partial charge in [-0.05, 0) is 23.6 Å². The Hall–Kier alpha value is -1.63. The van der Waals surface area contributed by atoms with Crippen LogP contribution in [0.25, 0.3) is 0 Å². The number of hydrogen-bond donors (Lipinski definition) is 2. The van der Waals surface area contributed by atoms with Gasteiger partial charge in [0.2, 0.25) is 0 Å². The van der Waals surface area contributed by atoms with E-state index in [1.54, 1.807) is 18.9 Å². The molecule has 0 aliphatic rings. The number of nitrogens with one attached hydrogen (secondary N) is 1. The molecule has 112 valence electrons. The van der Waals surface area contributed by atoms with Gasteiger partial charge < -0.3 is 10.2 Å². The minimum absolute atomic E-state index is 0.357. The molecule has 0 unspecified atom stereocenters. The summed E-state index contributed by atoms with van der Waals surface area (Å²) in [6, 6.07) is 10.3. The highest BCUT2D eigenvalue weighted by Crippen LogP contribution is 2.28. The quantitative estimate of drug-likeness (QED) is 0.485. The van der Waals surface area contributed by atoms with Crippen LogP contribution in [0.2, 0.25) is 0 Å². The van der Waals surface area contributed by atoms with Gasteiger partial charge in [0.25, 0.3) is 0 Å². The lowest BCUT2D eigenvalue weighted by Gasteiger charge is -2.08. The molecular weight excluding hydrogens is 284 g/mol. The van der Waals surface area contributed by atoms with E-state index in [9.17, 15) is 0 Å². The number of rotatable bonds is 6. The van der Waals surface area contributed by atoms with Crippen LogP contribution in [0.1, 0.15) is 31.2 Å². The van der Waals surface area contributed by atoms with Gasteiger partial charge >= 0.3 is 0 Å². The summed E-state index contributed by atoms with van der Waals surface area (Å²) in [5.41, 5.74) is 3.88. The standard InChI is InChI=1S/C15H20N4OS/c1-10(2)11-4-6-12(7-5-11)21-15-8-13(19-16)17-14(18-15)9-20-3/h4-8,10H,9,16H2,1-3H3,(H,17,18,19). The number of methoxy groups -OCH3 is 1. The third-order valence-corrected chi connectivity index (χ3v) is 3.87. The summed E-state index contributed by atoms with van der Waals surface area (Å²) >= 11 is 1.58. The van der Waals surface area contributed by atoms with E-state index < -0.39 is 0 Å². The van der Waals surface area contributed by atoms with Crippen LogP contribution in [-0.2, 0) is 11.3 Å². The van der Waals surface area contributed by atoms with Crippen LogP contribution in [0, 0.1) is 0 Å². The summed E-state index contributed by atoms with van der Waals surface area (Å²) in [6.07, 6.45) is 0. The number of anilines is 1. The fraction of sp³-hybridized carbons (Fsp3) is 0.333. The first-order valence-electron chi connectivity index (χ1n) is 6.73. The lowest BCUT2D eigenvalue weighted by Crippen LogP contribution is -2.11. The molecule has 0 saturated heterocycles. The van der Waals surface area contributed by atoms with E-state index in [0.717, 1.165) is 9.92 Å². The van der Waals surface area contributed by atoms with Gasteiger partial charge in [-0.2, -0.15) is 0 Å². The van der Waals surface area contributed by atoms with Crippen LogP contribution < -0.4 is 11.3 Å². The molecule has 3 N–H and O–H groups in total. The van der Waals surface area contributed by atoms with Gasteiger partial charge in [0.15, 0.2) is 5.82 Å². The monoisotopic (exact) mass is 304 g/mol. The van der Waals surface area contributed by atoms with E-state index in [4.69, 9.17) is 10.6 Å². The van der Waals surface area contributed by atoms with Crippen LogP contribution in [-0.4, -0.2) is 17.1 Å². The van der Waals surface area contributed by atoms with Crippen molar-refractivity contribution in [2.45, 2.75) is 36.3 Å². The van der Waals surface area contributed by atoms with E-state index in [-0.39, 0.29) is 0 Å². The molecule has 5 nitrogen and oxygen atoms in total. The molecule has 1 aromatic heterocycles. The van der Waals surface area contributed by atoms with Gasteiger partial charge in [0.05, 0.1) is 0 Å². The fourth-order valence-electron chi connectivity index (χ4n) is 1.83. The number of aromatic nitrogens is 2. The van der Waals surface area contributed by atoms with E-state index in [2.05, 4.69) is 53.5 Å². The molecule has 0 bridgehead atoms. The Labute approximate surface area is 129 Å². The first kappa shape index (κ1) is 15.8. The molecule has 2 rings (SSSR count). The number of nitrogen functional groups attached to an aromatic ring is 1. The van der Waals surface area contributed by atoms with Crippen molar-refractivity contribution < 1.29 is 4.74 Å². The summed E-state index contributed by atoms with van der Waals surface area (Å²) in [6.45, 7) is 4.72. The Bertz CT molecular complexity index is 587. The van der Waals surface area contributed by atoms with Crippen molar-refractivity contribution >= 4 is 17.6 Å². The summed E-state index contributed by atoms with van der Waals surface area (Å²) in [5, 5.41) is 0.835. The van der Waals surface area contributed by atoms with Crippen LogP contribution in [0.15, 0.2) is 40.3 Å². The first-order chi connectivity index (χ1) is 10.1. The fourth-order valence-corrected chi connectivity index (χ4v) is 2.67. The van der Waals surface area contributed by atoms with E-state index in [1.165, 1.54) is 5.56 Å². The maximum atomic E-state index is 5.44. The molecule has 21 heavy (non-hydrogen) atoms. The molecule has 0 saturated carbocycles. The normalized spacial score (nSPS) is 10.9. The Morgan fingerprint density at radius 1 is 1.24 bits per heavy atom. The molecule has 0 atom stereocenters. The SMILES string of the molecule is COCc1nc(NN)cc(Sc2ccc(C(C)C)cc2)n1. The Morgan fingerprint density at radius 3 is 2.52 bits per heavy atom. The molecule has 0 aliphatic heterocycles. The second kappa shape index (κ2) is 7.40. The summed E-state index contributed by atoms with van der Waals surface area (Å²) in [4.78, 5) is 9.82. The van der Waals surface area contributed by atoms with E-state index in [0.29, 0.717) is 24.2 Å². The minimum Gasteiger partial charge on any atom is -0.377 e. The molecule has 0 amide bonds. The van der Waals surface area contributed by atoms with E-state index >= 15 is 0 Å². The third kappa shape index (κ3) is 4.42. The maximum absolute atomic E-state index is 5.44. The zero-order valence-corrected chi connectivity index (χ0v) is 13.3. The van der Waals surface area contributed by atoms with Crippen LogP contribution in [0.5, 0.6) is 0 Å². The van der Waals surface area contributed by atoms with Crippen molar-refractivity contribution in [1.82, 2.24) is 9.97 Å². The molecule has 1 aromatic carbocycles. The second-order valence-corrected chi connectivity index (χ2v) is 6.00. The molecule has 2 aromatic rings. The smallest absolute Gasteiger partial charge is 0.157 e. The van der Waals surface area contributed by atoms with Crippen LogP contribution in [0.4, 0.5) is 5.82 Å². The minimum atomic E-state index is 0.357. The highest BCUT2D eigenvalue weighted by molar-refractivity contribution is 7.99. The maximum Gasteiger partial charge on any atom is 0.157 e.